The van der Waals surface area contributed by atoms with E-state index < -0.39 is 0 Å². The number of rotatable bonds is 8. The summed E-state index contributed by atoms with van der Waals surface area (Å²) in [5.74, 6) is 0.715. The standard InChI is InChI=1S/C13H27NO3/c1-4-16-13(17-5-2)10-14-11(3)12-6-8-15-9-7-12/h11-14H,4-10H2,1-3H3. The third-order valence-electron chi connectivity index (χ3n) is 3.28. The summed E-state index contributed by atoms with van der Waals surface area (Å²) in [4.78, 5) is 0. The Kier molecular flexibility index (Phi) is 7.77. The molecule has 0 aromatic rings. The minimum absolute atomic E-state index is 0.118. The first-order chi connectivity index (χ1) is 8.27. The van der Waals surface area contributed by atoms with E-state index >= 15 is 0 Å². The molecule has 1 heterocycles. The van der Waals surface area contributed by atoms with E-state index in [9.17, 15) is 0 Å². The van der Waals surface area contributed by atoms with Crippen molar-refractivity contribution in [2.24, 2.45) is 5.92 Å². The molecule has 1 N–H and O–H groups in total. The van der Waals surface area contributed by atoms with E-state index in [1.807, 2.05) is 13.8 Å². The summed E-state index contributed by atoms with van der Waals surface area (Å²) in [7, 11) is 0. The number of nitrogens with one attached hydrogen (secondary N) is 1. The Bertz CT molecular complexity index is 178. The SMILES string of the molecule is CCOC(CNC(C)C1CCOCC1)OCC. The Morgan fingerprint density at radius 2 is 1.76 bits per heavy atom. The highest BCUT2D eigenvalue weighted by Gasteiger charge is 2.21. The highest BCUT2D eigenvalue weighted by atomic mass is 16.7. The molecule has 0 radical (unpaired) electrons. The van der Waals surface area contributed by atoms with E-state index in [0.29, 0.717) is 25.2 Å². The molecule has 0 bridgehead atoms. The van der Waals surface area contributed by atoms with E-state index in [1.165, 1.54) is 0 Å². The number of hydrogen-bond acceptors (Lipinski definition) is 4. The van der Waals surface area contributed by atoms with Crippen molar-refractivity contribution in [2.45, 2.75) is 45.9 Å². The molecule has 1 unspecified atom stereocenters. The zero-order valence-corrected chi connectivity index (χ0v) is 11.4. The van der Waals surface area contributed by atoms with Gasteiger partial charge in [0, 0.05) is 39.0 Å². The monoisotopic (exact) mass is 245 g/mol. The molecule has 1 aliphatic heterocycles. The second-order valence-electron chi connectivity index (χ2n) is 4.49. The van der Waals surface area contributed by atoms with Crippen molar-refractivity contribution in [3.8, 4) is 0 Å². The molecular formula is C13H27NO3. The van der Waals surface area contributed by atoms with E-state index in [1.54, 1.807) is 0 Å². The van der Waals surface area contributed by atoms with Crippen LogP contribution in [0.1, 0.15) is 33.6 Å². The summed E-state index contributed by atoms with van der Waals surface area (Å²) in [6, 6.07) is 0.502. The summed E-state index contributed by atoms with van der Waals surface area (Å²) in [5, 5.41) is 3.52. The Balaban J connectivity index is 2.21. The number of hydrogen-bond donors (Lipinski definition) is 1. The number of ether oxygens (including phenoxy) is 3. The van der Waals surface area contributed by atoms with Crippen molar-refractivity contribution in [1.29, 1.82) is 0 Å². The van der Waals surface area contributed by atoms with E-state index in [-0.39, 0.29) is 6.29 Å². The summed E-state index contributed by atoms with van der Waals surface area (Å²) >= 11 is 0. The molecule has 1 rings (SSSR count). The average molecular weight is 245 g/mol. The average Bonchev–Trinajstić information content (AvgIpc) is 2.37. The van der Waals surface area contributed by atoms with Crippen LogP contribution in [0.3, 0.4) is 0 Å². The Hall–Kier alpha value is -0.160. The van der Waals surface area contributed by atoms with Crippen molar-refractivity contribution < 1.29 is 14.2 Å². The van der Waals surface area contributed by atoms with Crippen LogP contribution in [0.2, 0.25) is 0 Å². The minimum atomic E-state index is -0.118. The molecule has 17 heavy (non-hydrogen) atoms. The van der Waals surface area contributed by atoms with Crippen molar-refractivity contribution in [3.05, 3.63) is 0 Å². The first-order valence-corrected chi connectivity index (χ1v) is 6.82. The van der Waals surface area contributed by atoms with Crippen LogP contribution in [0.15, 0.2) is 0 Å². The van der Waals surface area contributed by atoms with Crippen molar-refractivity contribution in [2.75, 3.05) is 33.0 Å². The predicted octanol–water partition coefficient (Wildman–Crippen LogP) is 1.79. The van der Waals surface area contributed by atoms with Gasteiger partial charge in [0.25, 0.3) is 0 Å². The Morgan fingerprint density at radius 3 is 2.29 bits per heavy atom. The van der Waals surface area contributed by atoms with Crippen molar-refractivity contribution in [1.82, 2.24) is 5.32 Å². The highest BCUT2D eigenvalue weighted by molar-refractivity contribution is 4.75. The lowest BCUT2D eigenvalue weighted by Gasteiger charge is -2.29. The van der Waals surface area contributed by atoms with Gasteiger partial charge in [0.2, 0.25) is 0 Å². The summed E-state index contributed by atoms with van der Waals surface area (Å²) in [6.45, 7) is 10.2. The quantitative estimate of drug-likeness (QED) is 0.662. The fourth-order valence-electron chi connectivity index (χ4n) is 2.20. The Labute approximate surface area is 105 Å². The zero-order chi connectivity index (χ0) is 12.5. The Morgan fingerprint density at radius 1 is 1.18 bits per heavy atom. The molecule has 0 aromatic carbocycles. The first-order valence-electron chi connectivity index (χ1n) is 6.82. The van der Waals surface area contributed by atoms with Crippen LogP contribution in [0, 0.1) is 5.92 Å². The third-order valence-corrected chi connectivity index (χ3v) is 3.28. The van der Waals surface area contributed by atoms with Crippen LogP contribution in [0.4, 0.5) is 0 Å². The van der Waals surface area contributed by atoms with Gasteiger partial charge in [-0.2, -0.15) is 0 Å². The molecule has 1 atom stereocenters. The van der Waals surface area contributed by atoms with Gasteiger partial charge in [-0.05, 0) is 39.5 Å². The van der Waals surface area contributed by atoms with Gasteiger partial charge in [-0.1, -0.05) is 0 Å². The molecule has 1 saturated heterocycles. The first kappa shape index (κ1) is 14.9. The summed E-state index contributed by atoms with van der Waals surface area (Å²) in [5.41, 5.74) is 0. The summed E-state index contributed by atoms with van der Waals surface area (Å²) < 4.78 is 16.4. The minimum Gasteiger partial charge on any atom is -0.381 e. The second-order valence-corrected chi connectivity index (χ2v) is 4.49. The smallest absolute Gasteiger partial charge is 0.169 e. The maximum absolute atomic E-state index is 5.51. The lowest BCUT2D eigenvalue weighted by molar-refractivity contribution is -0.134. The molecule has 0 spiro atoms. The van der Waals surface area contributed by atoms with Crippen LogP contribution in [0.25, 0.3) is 0 Å². The van der Waals surface area contributed by atoms with E-state index in [2.05, 4.69) is 12.2 Å². The maximum atomic E-state index is 5.51. The van der Waals surface area contributed by atoms with Gasteiger partial charge in [0.15, 0.2) is 6.29 Å². The van der Waals surface area contributed by atoms with Gasteiger partial charge in [-0.25, -0.2) is 0 Å². The van der Waals surface area contributed by atoms with Crippen LogP contribution < -0.4 is 5.32 Å². The largest absolute Gasteiger partial charge is 0.381 e. The summed E-state index contributed by atoms with van der Waals surface area (Å²) in [6.07, 6.45) is 2.19. The lowest BCUT2D eigenvalue weighted by atomic mass is 9.93. The second kappa shape index (κ2) is 8.86. The van der Waals surface area contributed by atoms with Gasteiger partial charge in [-0.3, -0.25) is 0 Å². The van der Waals surface area contributed by atoms with Crippen molar-refractivity contribution in [3.63, 3.8) is 0 Å². The zero-order valence-electron chi connectivity index (χ0n) is 11.4. The van der Waals surface area contributed by atoms with Gasteiger partial charge in [0.05, 0.1) is 0 Å². The molecule has 1 aliphatic rings. The molecule has 1 fully saturated rings. The third kappa shape index (κ3) is 5.82. The molecular weight excluding hydrogens is 218 g/mol. The molecule has 4 nitrogen and oxygen atoms in total. The van der Waals surface area contributed by atoms with Crippen LogP contribution in [-0.2, 0) is 14.2 Å². The molecule has 0 saturated carbocycles. The topological polar surface area (TPSA) is 39.7 Å². The van der Waals surface area contributed by atoms with Gasteiger partial charge >= 0.3 is 0 Å². The molecule has 102 valence electrons. The van der Waals surface area contributed by atoms with E-state index in [4.69, 9.17) is 14.2 Å². The lowest BCUT2D eigenvalue weighted by Crippen LogP contribution is -2.42. The molecule has 0 aromatic heterocycles. The van der Waals surface area contributed by atoms with Crippen molar-refractivity contribution >= 4 is 0 Å². The van der Waals surface area contributed by atoms with Gasteiger partial charge < -0.3 is 19.5 Å². The van der Waals surface area contributed by atoms with E-state index in [0.717, 1.165) is 32.6 Å². The van der Waals surface area contributed by atoms with Gasteiger partial charge in [0.1, 0.15) is 0 Å². The molecule has 0 amide bonds. The fourth-order valence-corrected chi connectivity index (χ4v) is 2.20. The maximum Gasteiger partial charge on any atom is 0.169 e. The normalized spacial score (nSPS) is 19.8. The molecule has 0 aliphatic carbocycles. The van der Waals surface area contributed by atoms with Crippen LogP contribution >= 0.6 is 0 Å². The van der Waals surface area contributed by atoms with Crippen LogP contribution in [-0.4, -0.2) is 45.3 Å². The highest BCUT2D eigenvalue weighted by Crippen LogP contribution is 2.18. The predicted molar refractivity (Wildman–Crippen MR) is 68.0 cm³/mol. The van der Waals surface area contributed by atoms with Gasteiger partial charge in [-0.15, -0.1) is 0 Å². The van der Waals surface area contributed by atoms with Crippen LogP contribution in [0.5, 0.6) is 0 Å². The molecule has 4 heteroatoms. The fraction of sp³-hybridized carbons (Fsp3) is 1.00.